The normalized spacial score (nSPS) is 11.4. The Morgan fingerprint density at radius 2 is 1.61 bits per heavy atom. The van der Waals surface area contributed by atoms with Crippen LogP contribution in [-0.4, -0.2) is 6.21 Å². The minimum atomic E-state index is 0. The van der Waals surface area contributed by atoms with Crippen LogP contribution in [0, 0.1) is 0 Å². The van der Waals surface area contributed by atoms with Gasteiger partial charge in [-0.25, -0.2) is 0 Å². The van der Waals surface area contributed by atoms with E-state index in [0.717, 1.165) is 14.6 Å². The minimum absolute atomic E-state index is 0. The van der Waals surface area contributed by atoms with E-state index >= 15 is 0 Å². The van der Waals surface area contributed by atoms with Crippen molar-refractivity contribution < 1.29 is 0 Å². The summed E-state index contributed by atoms with van der Waals surface area (Å²) in [6.45, 7) is 0. The second-order valence-electron chi connectivity index (χ2n) is 4.16. The first kappa shape index (κ1) is 20.8. The molecule has 0 spiro atoms. The molecule has 0 amide bonds. The van der Waals surface area contributed by atoms with Crippen LogP contribution in [0.5, 0.6) is 0 Å². The lowest BCUT2D eigenvalue weighted by molar-refractivity contribution is 1.51. The number of nitrogens with one attached hydrogen (secondary N) is 1. The summed E-state index contributed by atoms with van der Waals surface area (Å²) in [7, 11) is 0. The summed E-state index contributed by atoms with van der Waals surface area (Å²) in [5.41, 5.74) is 1.54. The van der Waals surface area contributed by atoms with Gasteiger partial charge in [-0.3, -0.25) is 4.99 Å². The van der Waals surface area contributed by atoms with Crippen molar-refractivity contribution in [2.45, 2.75) is 0 Å². The second-order valence-corrected chi connectivity index (χ2v) is 7.12. The maximum Gasteiger partial charge on any atom is 0.0748 e. The number of aliphatic imine (C=N–C) groups is 1. The molecule has 0 atom stereocenters. The summed E-state index contributed by atoms with van der Waals surface area (Å²) in [4.78, 5) is 4.25. The number of nitrogens with zero attached hydrogens (tertiary/aromatic N) is 1. The zero-order valence-electron chi connectivity index (χ0n) is 11.4. The second kappa shape index (κ2) is 9.92. The fourth-order valence-electron chi connectivity index (χ4n) is 1.48. The van der Waals surface area contributed by atoms with E-state index in [0.29, 0.717) is 20.8 Å². The Kier molecular flexibility index (Phi) is 8.98. The highest BCUT2D eigenvalue weighted by Gasteiger charge is 1.99. The highest BCUT2D eigenvalue weighted by molar-refractivity contribution is 9.10. The molecule has 2 aromatic carbocycles. The van der Waals surface area contributed by atoms with E-state index in [2.05, 4.69) is 42.2 Å². The van der Waals surface area contributed by atoms with Gasteiger partial charge in [0.25, 0.3) is 0 Å². The van der Waals surface area contributed by atoms with Crippen LogP contribution in [0.3, 0.4) is 0 Å². The third-order valence-electron chi connectivity index (χ3n) is 2.54. The van der Waals surface area contributed by atoms with Gasteiger partial charge in [-0.15, -0.1) is 12.4 Å². The Morgan fingerprint density at radius 1 is 1.00 bits per heavy atom. The van der Waals surface area contributed by atoms with Gasteiger partial charge >= 0.3 is 0 Å². The van der Waals surface area contributed by atoms with Crippen molar-refractivity contribution in [1.29, 1.82) is 0 Å². The highest BCUT2D eigenvalue weighted by atomic mass is 79.9. The van der Waals surface area contributed by atoms with Crippen LogP contribution in [0.25, 0.3) is 0 Å². The molecule has 122 valence electrons. The van der Waals surface area contributed by atoms with E-state index in [1.165, 1.54) is 6.21 Å². The first-order valence-electron chi connectivity index (χ1n) is 6.02. The third-order valence-corrected chi connectivity index (χ3v) is 5.21. The summed E-state index contributed by atoms with van der Waals surface area (Å²) < 4.78 is 1.66. The van der Waals surface area contributed by atoms with Crippen LogP contribution in [-0.2, 0) is 0 Å². The number of anilines is 1. The molecular formula is C15H10Br2Cl4N2. The van der Waals surface area contributed by atoms with Crippen molar-refractivity contribution in [2.75, 3.05) is 5.32 Å². The predicted molar refractivity (Wildman–Crippen MR) is 111 cm³/mol. The predicted octanol–water partition coefficient (Wildman–Crippen LogP) is 7.83. The Labute approximate surface area is 172 Å². The summed E-state index contributed by atoms with van der Waals surface area (Å²) in [5, 5.41) is 4.70. The lowest BCUT2D eigenvalue weighted by atomic mass is 10.3. The van der Waals surface area contributed by atoms with E-state index < -0.39 is 0 Å². The quantitative estimate of drug-likeness (QED) is 0.409. The van der Waals surface area contributed by atoms with Crippen molar-refractivity contribution in [1.82, 2.24) is 0 Å². The maximum atomic E-state index is 6.09. The zero-order valence-corrected chi connectivity index (χ0v) is 17.6. The Hall–Kier alpha value is -0.230. The van der Waals surface area contributed by atoms with Crippen LogP contribution >= 0.6 is 79.1 Å². The van der Waals surface area contributed by atoms with Gasteiger partial charge in [0, 0.05) is 27.0 Å². The van der Waals surface area contributed by atoms with Gasteiger partial charge in [0.2, 0.25) is 0 Å². The monoisotopic (exact) mass is 516 g/mol. The molecule has 2 aromatic rings. The van der Waals surface area contributed by atoms with E-state index in [4.69, 9.17) is 34.8 Å². The van der Waals surface area contributed by atoms with E-state index in [1.807, 2.05) is 24.3 Å². The van der Waals surface area contributed by atoms with Gasteiger partial charge in [0.15, 0.2) is 0 Å². The number of hydrogen-bond donors (Lipinski definition) is 1. The Bertz CT molecular complexity index is 748. The average molecular weight is 520 g/mol. The average Bonchev–Trinajstić information content (AvgIpc) is 2.49. The lowest BCUT2D eigenvalue weighted by Crippen LogP contribution is -1.89. The first-order valence-corrected chi connectivity index (χ1v) is 8.74. The molecule has 2 nitrogen and oxygen atoms in total. The summed E-state index contributed by atoms with van der Waals surface area (Å²) in [5.74, 6) is 0. The summed E-state index contributed by atoms with van der Waals surface area (Å²) in [6.07, 6.45) is 3.17. The molecule has 0 heterocycles. The molecule has 23 heavy (non-hydrogen) atoms. The van der Waals surface area contributed by atoms with Crippen molar-refractivity contribution in [2.24, 2.45) is 4.99 Å². The van der Waals surface area contributed by atoms with E-state index in [1.54, 1.807) is 18.3 Å². The molecule has 0 saturated heterocycles. The van der Waals surface area contributed by atoms with Gasteiger partial charge < -0.3 is 5.32 Å². The molecule has 0 radical (unpaired) electrons. The largest absolute Gasteiger partial charge is 0.360 e. The lowest BCUT2D eigenvalue weighted by Gasteiger charge is -2.03. The van der Waals surface area contributed by atoms with Crippen LogP contribution < -0.4 is 5.32 Å². The van der Waals surface area contributed by atoms with E-state index in [-0.39, 0.29) is 12.4 Å². The standard InChI is InChI=1S/C15H9Br2Cl3N2.ClH/c16-12-3-1-10(5-14(12)19)21-7-9(18)8-22-11-2-4-13(17)15(20)6-11;/h1-8,21H;1H/b9-7-,22-8?;. The molecule has 2 rings (SSSR count). The molecular weight excluding hydrogens is 510 g/mol. The molecule has 0 fully saturated rings. The number of rotatable bonds is 4. The molecule has 0 aliphatic heterocycles. The summed E-state index contributed by atoms with van der Waals surface area (Å²) >= 11 is 24.8. The topological polar surface area (TPSA) is 24.4 Å². The maximum absolute atomic E-state index is 6.09. The van der Waals surface area contributed by atoms with Gasteiger partial charge in [-0.2, -0.15) is 0 Å². The highest BCUT2D eigenvalue weighted by Crippen LogP contribution is 2.27. The number of benzene rings is 2. The zero-order chi connectivity index (χ0) is 16.1. The number of halogens is 6. The molecule has 0 unspecified atom stereocenters. The van der Waals surface area contributed by atoms with Crippen molar-refractivity contribution >= 4 is 96.7 Å². The molecule has 0 bridgehead atoms. The number of hydrogen-bond acceptors (Lipinski definition) is 2. The van der Waals surface area contributed by atoms with Gasteiger partial charge in [-0.1, -0.05) is 34.8 Å². The van der Waals surface area contributed by atoms with Crippen molar-refractivity contribution in [3.8, 4) is 0 Å². The fourth-order valence-corrected chi connectivity index (χ4v) is 2.43. The van der Waals surface area contributed by atoms with Gasteiger partial charge in [0.1, 0.15) is 0 Å². The number of allylic oxidation sites excluding steroid dienone is 1. The molecule has 1 N–H and O–H groups in total. The summed E-state index contributed by atoms with van der Waals surface area (Å²) in [6, 6.07) is 10.9. The van der Waals surface area contributed by atoms with Crippen molar-refractivity contribution in [3.63, 3.8) is 0 Å². The van der Waals surface area contributed by atoms with Crippen LogP contribution in [0.15, 0.2) is 61.6 Å². The smallest absolute Gasteiger partial charge is 0.0748 e. The molecule has 0 aliphatic rings. The molecule has 0 saturated carbocycles. The van der Waals surface area contributed by atoms with Crippen molar-refractivity contribution in [3.05, 3.63) is 66.6 Å². The SMILES string of the molecule is Cl.Cl/C(C=Nc1ccc(Br)c(Cl)c1)=C\Nc1ccc(Br)c(Cl)c1. The van der Waals surface area contributed by atoms with Gasteiger partial charge in [0.05, 0.1) is 20.8 Å². The Balaban J connectivity index is 0.00000264. The molecule has 0 aromatic heterocycles. The van der Waals surface area contributed by atoms with Crippen LogP contribution in [0.4, 0.5) is 11.4 Å². The molecule has 0 aliphatic carbocycles. The third kappa shape index (κ3) is 6.65. The first-order chi connectivity index (χ1) is 10.5. The molecule has 8 heteroatoms. The Morgan fingerprint density at radius 3 is 2.22 bits per heavy atom. The fraction of sp³-hybridized carbons (Fsp3) is 0. The van der Waals surface area contributed by atoms with Crippen LogP contribution in [0.2, 0.25) is 10.0 Å². The van der Waals surface area contributed by atoms with E-state index in [9.17, 15) is 0 Å². The minimum Gasteiger partial charge on any atom is -0.360 e. The van der Waals surface area contributed by atoms with Crippen LogP contribution in [0.1, 0.15) is 0 Å². The van der Waals surface area contributed by atoms with Gasteiger partial charge in [-0.05, 0) is 68.3 Å².